The van der Waals surface area contributed by atoms with E-state index in [9.17, 15) is 9.90 Å². The molecule has 5 nitrogen and oxygen atoms in total. The molecule has 1 fully saturated rings. The Labute approximate surface area is 177 Å². The number of rotatable bonds is 7. The molecule has 0 spiro atoms. The third-order valence-corrected chi connectivity index (χ3v) is 5.89. The van der Waals surface area contributed by atoms with Crippen molar-refractivity contribution < 1.29 is 19.4 Å². The number of aryl methyl sites for hydroxylation is 1. The van der Waals surface area contributed by atoms with E-state index in [4.69, 9.17) is 44.3 Å². The Morgan fingerprint density at radius 2 is 2.00 bits per heavy atom. The van der Waals surface area contributed by atoms with Crippen LogP contribution in [0.15, 0.2) is 34.8 Å². The fraction of sp³-hybridized carbons (Fsp3) is 0.400. The van der Waals surface area contributed by atoms with Crippen LogP contribution < -0.4 is 0 Å². The molecule has 4 atom stereocenters. The highest BCUT2D eigenvalue weighted by Crippen LogP contribution is 2.40. The van der Waals surface area contributed by atoms with E-state index >= 15 is 0 Å². The average Bonchev–Trinajstić information content (AvgIpc) is 3.18. The van der Waals surface area contributed by atoms with Crippen LogP contribution in [0.25, 0.3) is 6.08 Å². The molecular formula is C20H20Cl3NO4. The van der Waals surface area contributed by atoms with Gasteiger partial charge in [-0.05, 0) is 55.0 Å². The van der Waals surface area contributed by atoms with Gasteiger partial charge < -0.3 is 14.6 Å². The molecule has 2 aromatic heterocycles. The summed E-state index contributed by atoms with van der Waals surface area (Å²) >= 11 is 18.3. The zero-order chi connectivity index (χ0) is 20.3. The van der Waals surface area contributed by atoms with Crippen molar-refractivity contribution in [1.82, 2.24) is 4.98 Å². The van der Waals surface area contributed by atoms with Gasteiger partial charge in [0.25, 0.3) is 0 Å². The summed E-state index contributed by atoms with van der Waals surface area (Å²) in [5.74, 6) is -0.478. The normalized spacial score (nSPS) is 24.9. The van der Waals surface area contributed by atoms with Crippen molar-refractivity contribution >= 4 is 46.8 Å². The zero-order valence-corrected chi connectivity index (χ0v) is 17.2. The highest BCUT2D eigenvalue weighted by molar-refractivity contribution is 6.32. The first-order chi connectivity index (χ1) is 13.3. The minimum Gasteiger partial charge on any atom is -0.475 e. The second-order valence-corrected chi connectivity index (χ2v) is 8.26. The number of aromatic nitrogens is 1. The summed E-state index contributed by atoms with van der Waals surface area (Å²) in [6.45, 7) is 0. The van der Waals surface area contributed by atoms with Crippen LogP contribution in [0.3, 0.4) is 0 Å². The van der Waals surface area contributed by atoms with Gasteiger partial charge in [0.05, 0.1) is 6.10 Å². The Hall–Kier alpha value is -1.53. The molecule has 8 heteroatoms. The van der Waals surface area contributed by atoms with Crippen molar-refractivity contribution in [3.8, 4) is 0 Å². The summed E-state index contributed by atoms with van der Waals surface area (Å²) in [5, 5.41) is 19.8. The number of nitrogens with zero attached hydrogens (tertiary/aromatic N) is 1. The lowest BCUT2D eigenvalue weighted by Crippen LogP contribution is -2.18. The predicted molar refractivity (Wildman–Crippen MR) is 109 cm³/mol. The minimum atomic E-state index is -1.08. The molecular weight excluding hydrogens is 425 g/mol. The summed E-state index contributed by atoms with van der Waals surface area (Å²) in [4.78, 5) is 14.8. The van der Waals surface area contributed by atoms with Crippen LogP contribution in [0.4, 0.5) is 0 Å². The van der Waals surface area contributed by atoms with Gasteiger partial charge in [0.15, 0.2) is 0 Å². The quantitative estimate of drug-likeness (QED) is 0.446. The number of carboxylic acid groups (broad SMARTS) is 1. The zero-order valence-electron chi connectivity index (χ0n) is 14.9. The van der Waals surface area contributed by atoms with E-state index in [1.54, 1.807) is 18.2 Å². The molecule has 2 heterocycles. The molecule has 0 aliphatic heterocycles. The number of hydrogen-bond donors (Lipinski definition) is 2. The lowest BCUT2D eigenvalue weighted by molar-refractivity contribution is 0.0660. The Morgan fingerprint density at radius 1 is 1.29 bits per heavy atom. The Balaban J connectivity index is 1.62. The predicted octanol–water partition coefficient (Wildman–Crippen LogP) is 5.32. The van der Waals surface area contributed by atoms with Crippen LogP contribution in [0.5, 0.6) is 0 Å². The van der Waals surface area contributed by atoms with Gasteiger partial charge in [-0.1, -0.05) is 35.4 Å². The first-order valence-electron chi connectivity index (χ1n) is 8.99. The molecule has 3 rings (SSSR count). The molecule has 0 bridgehead atoms. The number of aliphatic hydroxyl groups excluding tert-OH is 1. The number of carbonyl (C=O) groups is 1. The van der Waals surface area contributed by atoms with Crippen LogP contribution >= 0.6 is 34.8 Å². The molecule has 28 heavy (non-hydrogen) atoms. The summed E-state index contributed by atoms with van der Waals surface area (Å²) in [6.07, 6.45) is 6.04. The number of furan rings is 1. The lowest BCUT2D eigenvalue weighted by atomic mass is 9.89. The van der Waals surface area contributed by atoms with Crippen LogP contribution in [0, 0.1) is 11.8 Å². The molecule has 0 radical (unpaired) electrons. The van der Waals surface area contributed by atoms with Gasteiger partial charge in [-0.2, -0.15) is 0 Å². The van der Waals surface area contributed by atoms with Gasteiger partial charge in [0, 0.05) is 17.7 Å². The SMILES string of the molecule is O=C(O)c1ccc(CCC[C@@H]2[C@@H](/C=C\c3cc(Cl)nc(Cl)c3)[C@H](O)C[C@H]2Cl)o1. The lowest BCUT2D eigenvalue weighted by Gasteiger charge is -2.20. The van der Waals surface area contributed by atoms with Crippen molar-refractivity contribution in [3.63, 3.8) is 0 Å². The van der Waals surface area contributed by atoms with Crippen molar-refractivity contribution in [3.05, 3.63) is 57.7 Å². The topological polar surface area (TPSA) is 83.6 Å². The molecule has 1 saturated carbocycles. The van der Waals surface area contributed by atoms with Gasteiger partial charge >= 0.3 is 5.97 Å². The Kier molecular flexibility index (Phi) is 7.05. The first-order valence-corrected chi connectivity index (χ1v) is 10.2. The van der Waals surface area contributed by atoms with E-state index in [1.165, 1.54) is 6.07 Å². The number of pyridine rings is 1. The van der Waals surface area contributed by atoms with Crippen molar-refractivity contribution in [1.29, 1.82) is 0 Å². The number of halogens is 3. The molecule has 0 amide bonds. The van der Waals surface area contributed by atoms with Gasteiger partial charge in [0.1, 0.15) is 16.1 Å². The average molecular weight is 445 g/mol. The van der Waals surface area contributed by atoms with E-state index in [1.807, 2.05) is 12.2 Å². The molecule has 1 aliphatic rings. The summed E-state index contributed by atoms with van der Waals surface area (Å²) in [6, 6.07) is 6.54. The second-order valence-electron chi connectivity index (χ2n) is 6.93. The Bertz CT molecular complexity index is 847. The van der Waals surface area contributed by atoms with Crippen LogP contribution in [0.2, 0.25) is 10.3 Å². The summed E-state index contributed by atoms with van der Waals surface area (Å²) < 4.78 is 5.29. The molecule has 2 aromatic rings. The molecule has 0 unspecified atom stereocenters. The molecule has 2 N–H and O–H groups in total. The molecule has 150 valence electrons. The molecule has 0 aromatic carbocycles. The minimum absolute atomic E-state index is 0.0583. The van der Waals surface area contributed by atoms with Crippen molar-refractivity contribution in [2.45, 2.75) is 37.2 Å². The maximum atomic E-state index is 10.9. The number of aliphatic hydroxyl groups is 1. The fourth-order valence-corrected chi connectivity index (χ4v) is 4.63. The number of aromatic carboxylic acids is 1. The third-order valence-electron chi connectivity index (χ3n) is 5.00. The van der Waals surface area contributed by atoms with Gasteiger partial charge in [0.2, 0.25) is 5.76 Å². The van der Waals surface area contributed by atoms with Crippen LogP contribution in [-0.4, -0.2) is 32.6 Å². The van der Waals surface area contributed by atoms with E-state index in [2.05, 4.69) is 4.98 Å². The molecule has 1 aliphatic carbocycles. The van der Waals surface area contributed by atoms with E-state index < -0.39 is 12.1 Å². The second kappa shape index (κ2) is 9.31. The summed E-state index contributed by atoms with van der Waals surface area (Å²) in [7, 11) is 0. The van der Waals surface area contributed by atoms with Crippen molar-refractivity contribution in [2.24, 2.45) is 11.8 Å². The van der Waals surface area contributed by atoms with Crippen molar-refractivity contribution in [2.75, 3.05) is 0 Å². The van der Waals surface area contributed by atoms with Crippen LogP contribution in [-0.2, 0) is 6.42 Å². The number of carboxylic acids is 1. The van der Waals surface area contributed by atoms with Gasteiger partial charge in [-0.15, -0.1) is 11.6 Å². The maximum absolute atomic E-state index is 10.9. The van der Waals surface area contributed by atoms with E-state index in [0.29, 0.717) is 28.9 Å². The largest absolute Gasteiger partial charge is 0.475 e. The van der Waals surface area contributed by atoms with Gasteiger partial charge in [-0.3, -0.25) is 0 Å². The third kappa shape index (κ3) is 5.29. The highest BCUT2D eigenvalue weighted by Gasteiger charge is 2.39. The Morgan fingerprint density at radius 3 is 2.64 bits per heavy atom. The number of alkyl halides is 1. The highest BCUT2D eigenvalue weighted by atomic mass is 35.5. The smallest absolute Gasteiger partial charge is 0.371 e. The standard InChI is InChI=1S/C20H20Cl3NO4/c21-15-10-16(25)14(6-4-11-8-18(22)24-19(23)9-11)13(15)3-1-2-12-5-7-17(28-12)20(26)27/h4-9,13-16,25H,1-3,10H2,(H,26,27)/b6-4-/t13-,14-,15-,16-/m1/s1. The van der Waals surface area contributed by atoms with E-state index in [-0.39, 0.29) is 23.0 Å². The first kappa shape index (κ1) is 21.2. The van der Waals surface area contributed by atoms with E-state index in [0.717, 1.165) is 18.4 Å². The number of hydrogen-bond acceptors (Lipinski definition) is 4. The monoisotopic (exact) mass is 443 g/mol. The van der Waals surface area contributed by atoms with Gasteiger partial charge in [-0.25, -0.2) is 9.78 Å². The van der Waals surface area contributed by atoms with Crippen LogP contribution in [0.1, 0.15) is 41.1 Å². The maximum Gasteiger partial charge on any atom is 0.371 e. The molecule has 0 saturated heterocycles. The fourth-order valence-electron chi connectivity index (χ4n) is 3.67. The summed E-state index contributed by atoms with van der Waals surface area (Å²) in [5.41, 5.74) is 0.811.